The van der Waals surface area contributed by atoms with Crippen LogP contribution in [-0.4, -0.2) is 11.2 Å². The molecule has 0 saturated carbocycles. The second kappa shape index (κ2) is 5.85. The maximum absolute atomic E-state index is 5.87. The SMILES string of the molecule is CCc1oc2ccccc2c1/C=N\Nc1nc2ccccc2s1. The van der Waals surface area contributed by atoms with Gasteiger partial charge in [0.05, 0.1) is 16.4 Å². The van der Waals surface area contributed by atoms with Gasteiger partial charge < -0.3 is 4.42 Å². The Morgan fingerprint density at radius 1 is 1.17 bits per heavy atom. The molecule has 4 rings (SSSR count). The molecule has 0 aliphatic rings. The van der Waals surface area contributed by atoms with E-state index in [1.165, 1.54) is 0 Å². The van der Waals surface area contributed by atoms with Gasteiger partial charge in [0.1, 0.15) is 11.3 Å². The van der Waals surface area contributed by atoms with Crippen molar-refractivity contribution in [3.05, 3.63) is 59.9 Å². The molecule has 114 valence electrons. The van der Waals surface area contributed by atoms with Crippen molar-refractivity contribution in [2.45, 2.75) is 13.3 Å². The zero-order chi connectivity index (χ0) is 15.6. The van der Waals surface area contributed by atoms with Crippen molar-refractivity contribution in [1.82, 2.24) is 4.98 Å². The largest absolute Gasteiger partial charge is 0.460 e. The van der Waals surface area contributed by atoms with Gasteiger partial charge in [-0.1, -0.05) is 48.6 Å². The van der Waals surface area contributed by atoms with Crippen molar-refractivity contribution in [3.63, 3.8) is 0 Å². The fraction of sp³-hybridized carbons (Fsp3) is 0.111. The van der Waals surface area contributed by atoms with E-state index in [4.69, 9.17) is 4.42 Å². The molecular weight excluding hydrogens is 306 g/mol. The Balaban J connectivity index is 1.63. The van der Waals surface area contributed by atoms with Crippen LogP contribution in [0.3, 0.4) is 0 Å². The number of hydrogen-bond donors (Lipinski definition) is 1. The molecule has 0 fully saturated rings. The summed E-state index contributed by atoms with van der Waals surface area (Å²) in [5.74, 6) is 0.945. The lowest BCUT2D eigenvalue weighted by molar-refractivity contribution is 0.556. The van der Waals surface area contributed by atoms with E-state index in [1.807, 2.05) is 42.6 Å². The number of furan rings is 1. The van der Waals surface area contributed by atoms with Crippen molar-refractivity contribution in [2.75, 3.05) is 5.43 Å². The topological polar surface area (TPSA) is 50.4 Å². The number of aryl methyl sites for hydroxylation is 1. The molecule has 4 nitrogen and oxygen atoms in total. The first kappa shape index (κ1) is 14.0. The summed E-state index contributed by atoms with van der Waals surface area (Å²) < 4.78 is 7.01. The quantitative estimate of drug-likeness (QED) is 0.422. The number of hydrazone groups is 1. The number of hydrogen-bond acceptors (Lipinski definition) is 5. The number of fused-ring (bicyclic) bond motifs is 2. The highest BCUT2D eigenvalue weighted by molar-refractivity contribution is 7.22. The van der Waals surface area contributed by atoms with Gasteiger partial charge in [0.15, 0.2) is 0 Å². The maximum atomic E-state index is 5.87. The van der Waals surface area contributed by atoms with Gasteiger partial charge >= 0.3 is 0 Å². The number of thiazole rings is 1. The van der Waals surface area contributed by atoms with Gasteiger partial charge in [-0.15, -0.1) is 0 Å². The van der Waals surface area contributed by atoms with Gasteiger partial charge in [-0.25, -0.2) is 4.98 Å². The van der Waals surface area contributed by atoms with Crippen LogP contribution < -0.4 is 5.43 Å². The average molecular weight is 321 g/mol. The van der Waals surface area contributed by atoms with Crippen molar-refractivity contribution in [2.24, 2.45) is 5.10 Å². The van der Waals surface area contributed by atoms with Crippen molar-refractivity contribution < 1.29 is 4.42 Å². The fourth-order valence-corrected chi connectivity index (χ4v) is 3.41. The van der Waals surface area contributed by atoms with Crippen LogP contribution in [0.25, 0.3) is 21.2 Å². The summed E-state index contributed by atoms with van der Waals surface area (Å²) in [5, 5.41) is 6.22. The summed E-state index contributed by atoms with van der Waals surface area (Å²) in [6.07, 6.45) is 2.65. The molecule has 2 aromatic carbocycles. The standard InChI is InChI=1S/C18H15N3OS/c1-2-15-13(12-7-3-5-9-16(12)22-15)11-19-21-18-20-14-8-4-6-10-17(14)23-18/h3-11H,2H2,1H3,(H,20,21)/b19-11-. The predicted molar refractivity (Wildman–Crippen MR) is 96.4 cm³/mol. The minimum absolute atomic E-state index is 0.785. The van der Waals surface area contributed by atoms with E-state index >= 15 is 0 Å². The minimum Gasteiger partial charge on any atom is -0.460 e. The lowest BCUT2D eigenvalue weighted by Crippen LogP contribution is -1.91. The van der Waals surface area contributed by atoms with Gasteiger partial charge in [0, 0.05) is 17.4 Å². The Kier molecular flexibility index (Phi) is 3.55. The Hall–Kier alpha value is -2.66. The molecule has 0 aliphatic heterocycles. The van der Waals surface area contributed by atoms with Crippen LogP contribution in [0.2, 0.25) is 0 Å². The van der Waals surface area contributed by atoms with Crippen LogP contribution in [0.1, 0.15) is 18.2 Å². The van der Waals surface area contributed by atoms with E-state index in [9.17, 15) is 0 Å². The first-order chi connectivity index (χ1) is 11.3. The zero-order valence-corrected chi connectivity index (χ0v) is 13.4. The number of nitrogens with one attached hydrogen (secondary N) is 1. The number of aromatic nitrogens is 1. The van der Waals surface area contributed by atoms with Crippen LogP contribution in [0, 0.1) is 0 Å². The third-order valence-corrected chi connectivity index (χ3v) is 4.62. The number of benzene rings is 2. The van der Waals surface area contributed by atoms with Gasteiger partial charge in [0.25, 0.3) is 0 Å². The van der Waals surface area contributed by atoms with E-state index in [1.54, 1.807) is 11.3 Å². The Morgan fingerprint density at radius 2 is 2.00 bits per heavy atom. The normalized spacial score (nSPS) is 11.7. The minimum atomic E-state index is 0.785. The molecule has 0 amide bonds. The molecule has 2 aromatic heterocycles. The average Bonchev–Trinajstić information content (AvgIpc) is 3.15. The second-order valence-electron chi connectivity index (χ2n) is 5.15. The second-order valence-corrected chi connectivity index (χ2v) is 6.18. The first-order valence-corrected chi connectivity index (χ1v) is 8.32. The van der Waals surface area contributed by atoms with Gasteiger partial charge in [0.2, 0.25) is 5.13 Å². The maximum Gasteiger partial charge on any atom is 0.204 e. The molecule has 5 heteroatoms. The highest BCUT2D eigenvalue weighted by atomic mass is 32.1. The monoisotopic (exact) mass is 321 g/mol. The van der Waals surface area contributed by atoms with E-state index < -0.39 is 0 Å². The molecule has 0 unspecified atom stereocenters. The van der Waals surface area contributed by atoms with Crippen LogP contribution in [0.5, 0.6) is 0 Å². The molecule has 0 radical (unpaired) electrons. The third kappa shape index (κ3) is 2.59. The number of para-hydroxylation sites is 2. The number of nitrogens with zero attached hydrogens (tertiary/aromatic N) is 2. The van der Waals surface area contributed by atoms with Crippen molar-refractivity contribution in [3.8, 4) is 0 Å². The Bertz CT molecular complexity index is 967. The fourth-order valence-electron chi connectivity index (χ4n) is 2.59. The molecule has 0 saturated heterocycles. The summed E-state index contributed by atoms with van der Waals surface area (Å²) in [7, 11) is 0. The molecular formula is C18H15N3OS. The highest BCUT2D eigenvalue weighted by Crippen LogP contribution is 2.26. The molecule has 4 aromatic rings. The molecule has 0 atom stereocenters. The molecule has 0 aliphatic carbocycles. The highest BCUT2D eigenvalue weighted by Gasteiger charge is 2.10. The summed E-state index contributed by atoms with van der Waals surface area (Å²) >= 11 is 1.59. The van der Waals surface area contributed by atoms with Gasteiger partial charge in [-0.05, 0) is 18.2 Å². The van der Waals surface area contributed by atoms with Crippen LogP contribution in [0.4, 0.5) is 5.13 Å². The lowest BCUT2D eigenvalue weighted by Gasteiger charge is -1.94. The Morgan fingerprint density at radius 3 is 2.87 bits per heavy atom. The third-order valence-electron chi connectivity index (χ3n) is 3.68. The van der Waals surface area contributed by atoms with Gasteiger partial charge in [-0.3, -0.25) is 5.43 Å². The molecule has 2 heterocycles. The van der Waals surface area contributed by atoms with Crippen LogP contribution in [-0.2, 0) is 6.42 Å². The summed E-state index contributed by atoms with van der Waals surface area (Å²) in [5.41, 5.74) is 5.93. The molecule has 23 heavy (non-hydrogen) atoms. The lowest BCUT2D eigenvalue weighted by atomic mass is 10.1. The first-order valence-electron chi connectivity index (χ1n) is 7.50. The summed E-state index contributed by atoms with van der Waals surface area (Å²) in [4.78, 5) is 4.51. The molecule has 0 bridgehead atoms. The van der Waals surface area contributed by atoms with E-state index in [2.05, 4.69) is 34.6 Å². The number of rotatable bonds is 4. The smallest absolute Gasteiger partial charge is 0.204 e. The summed E-state index contributed by atoms with van der Waals surface area (Å²) in [6.45, 7) is 2.08. The predicted octanol–water partition coefficient (Wildman–Crippen LogP) is 5.05. The number of anilines is 1. The van der Waals surface area contributed by atoms with Crippen LogP contribution in [0.15, 0.2) is 58.0 Å². The Labute approximate surface area is 137 Å². The van der Waals surface area contributed by atoms with Gasteiger partial charge in [-0.2, -0.15) is 5.10 Å². The van der Waals surface area contributed by atoms with E-state index in [0.29, 0.717) is 0 Å². The van der Waals surface area contributed by atoms with Crippen molar-refractivity contribution >= 4 is 43.9 Å². The van der Waals surface area contributed by atoms with E-state index in [-0.39, 0.29) is 0 Å². The van der Waals surface area contributed by atoms with Crippen molar-refractivity contribution in [1.29, 1.82) is 0 Å². The molecule has 1 N–H and O–H groups in total. The molecule has 0 spiro atoms. The van der Waals surface area contributed by atoms with E-state index in [0.717, 1.165) is 44.1 Å². The van der Waals surface area contributed by atoms with Crippen LogP contribution >= 0.6 is 11.3 Å². The summed E-state index contributed by atoms with van der Waals surface area (Å²) in [6, 6.07) is 16.1. The zero-order valence-electron chi connectivity index (χ0n) is 12.6.